The van der Waals surface area contributed by atoms with Crippen molar-refractivity contribution >= 4 is 0 Å². The van der Waals surface area contributed by atoms with Crippen molar-refractivity contribution in [3.63, 3.8) is 0 Å². The molecule has 1 aromatic carbocycles. The highest BCUT2D eigenvalue weighted by Crippen LogP contribution is 2.40. The number of hydrogen-bond acceptors (Lipinski definition) is 3. The lowest BCUT2D eigenvalue weighted by Gasteiger charge is -2.28. The van der Waals surface area contributed by atoms with Crippen molar-refractivity contribution < 1.29 is 9.47 Å². The first-order valence-corrected chi connectivity index (χ1v) is 6.87. The third kappa shape index (κ3) is 2.61. The second-order valence-electron chi connectivity index (χ2n) is 4.71. The lowest BCUT2D eigenvalue weighted by atomic mass is 9.96. The van der Waals surface area contributed by atoms with Crippen LogP contribution in [0.4, 0.5) is 0 Å². The van der Waals surface area contributed by atoms with Crippen LogP contribution >= 0.6 is 0 Å². The monoisotopic (exact) mass is 249 g/mol. The highest BCUT2D eigenvalue weighted by Gasteiger charge is 2.24. The molecule has 1 heterocycles. The summed E-state index contributed by atoms with van der Waals surface area (Å²) >= 11 is 0. The van der Waals surface area contributed by atoms with E-state index < -0.39 is 0 Å². The molecule has 0 bridgehead atoms. The van der Waals surface area contributed by atoms with Crippen molar-refractivity contribution in [2.75, 3.05) is 20.3 Å². The van der Waals surface area contributed by atoms with E-state index in [1.165, 1.54) is 11.1 Å². The maximum atomic E-state index is 5.79. The molecular formula is C15H23NO2. The molecule has 1 aromatic rings. The number of hydrogen-bond donors (Lipinski definition) is 1. The van der Waals surface area contributed by atoms with Crippen molar-refractivity contribution in [3.8, 4) is 11.5 Å². The number of benzene rings is 1. The molecule has 0 saturated heterocycles. The second kappa shape index (κ2) is 6.10. The van der Waals surface area contributed by atoms with Gasteiger partial charge in [0.05, 0.1) is 13.7 Å². The summed E-state index contributed by atoms with van der Waals surface area (Å²) in [4.78, 5) is 0. The largest absolute Gasteiger partial charge is 0.493 e. The van der Waals surface area contributed by atoms with Crippen LogP contribution in [-0.2, 0) is 6.42 Å². The Hall–Kier alpha value is -1.22. The van der Waals surface area contributed by atoms with Crippen LogP contribution in [0.25, 0.3) is 0 Å². The lowest BCUT2D eigenvalue weighted by Crippen LogP contribution is -2.28. The maximum Gasteiger partial charge on any atom is 0.165 e. The molecule has 1 N–H and O–H groups in total. The zero-order chi connectivity index (χ0) is 13.0. The fourth-order valence-corrected chi connectivity index (χ4v) is 2.42. The van der Waals surface area contributed by atoms with Gasteiger partial charge in [0.1, 0.15) is 0 Å². The molecule has 100 valence electrons. The summed E-state index contributed by atoms with van der Waals surface area (Å²) in [5.41, 5.74) is 2.56. The average Bonchev–Trinajstić information content (AvgIpc) is 2.43. The number of aryl methyl sites for hydroxylation is 1. The highest BCUT2D eigenvalue weighted by atomic mass is 16.5. The Morgan fingerprint density at radius 3 is 2.89 bits per heavy atom. The maximum absolute atomic E-state index is 5.79. The standard InChI is InChI=1S/C15H23NO2/c1-4-7-16-13-6-8-18-15-12(13)9-11(5-2)10-14(15)17-3/h9-10,13,16H,4-8H2,1-3H3. The summed E-state index contributed by atoms with van der Waals surface area (Å²) in [6.07, 6.45) is 3.20. The van der Waals surface area contributed by atoms with Crippen LogP contribution in [0.5, 0.6) is 11.5 Å². The summed E-state index contributed by atoms with van der Waals surface area (Å²) in [6.45, 7) is 6.16. The van der Waals surface area contributed by atoms with Crippen molar-refractivity contribution in [2.45, 2.75) is 39.2 Å². The van der Waals surface area contributed by atoms with Gasteiger partial charge in [-0.25, -0.2) is 0 Å². The molecule has 2 rings (SSSR count). The number of fused-ring (bicyclic) bond motifs is 1. The van der Waals surface area contributed by atoms with Gasteiger partial charge in [-0.15, -0.1) is 0 Å². The molecule has 0 aromatic heterocycles. The summed E-state index contributed by atoms with van der Waals surface area (Å²) in [7, 11) is 1.71. The normalized spacial score (nSPS) is 18.1. The minimum absolute atomic E-state index is 0.397. The molecule has 18 heavy (non-hydrogen) atoms. The Labute approximate surface area is 109 Å². The smallest absolute Gasteiger partial charge is 0.165 e. The van der Waals surface area contributed by atoms with Crippen LogP contribution in [0, 0.1) is 0 Å². The van der Waals surface area contributed by atoms with Gasteiger partial charge in [-0.2, -0.15) is 0 Å². The van der Waals surface area contributed by atoms with Crippen LogP contribution < -0.4 is 14.8 Å². The first-order chi connectivity index (χ1) is 8.80. The van der Waals surface area contributed by atoms with E-state index >= 15 is 0 Å². The Morgan fingerprint density at radius 2 is 2.22 bits per heavy atom. The van der Waals surface area contributed by atoms with E-state index in [-0.39, 0.29) is 0 Å². The molecule has 0 radical (unpaired) electrons. The zero-order valence-electron chi connectivity index (χ0n) is 11.6. The molecule has 3 nitrogen and oxygen atoms in total. The van der Waals surface area contributed by atoms with Crippen molar-refractivity contribution in [3.05, 3.63) is 23.3 Å². The fraction of sp³-hybridized carbons (Fsp3) is 0.600. The quantitative estimate of drug-likeness (QED) is 0.870. The summed E-state index contributed by atoms with van der Waals surface area (Å²) in [5.74, 6) is 1.79. The van der Waals surface area contributed by atoms with Gasteiger partial charge < -0.3 is 14.8 Å². The number of nitrogens with one attached hydrogen (secondary N) is 1. The van der Waals surface area contributed by atoms with Gasteiger partial charge in [-0.05, 0) is 31.0 Å². The molecule has 0 spiro atoms. The second-order valence-corrected chi connectivity index (χ2v) is 4.71. The van der Waals surface area contributed by atoms with Gasteiger partial charge in [-0.1, -0.05) is 19.9 Å². The van der Waals surface area contributed by atoms with E-state index in [1.54, 1.807) is 7.11 Å². The number of rotatable bonds is 5. The summed E-state index contributed by atoms with van der Waals surface area (Å²) in [5, 5.41) is 3.59. The van der Waals surface area contributed by atoms with Crippen LogP contribution in [0.2, 0.25) is 0 Å². The Balaban J connectivity index is 2.35. The summed E-state index contributed by atoms with van der Waals surface area (Å²) in [6, 6.07) is 4.74. The van der Waals surface area contributed by atoms with Crippen LogP contribution in [0.15, 0.2) is 12.1 Å². The van der Waals surface area contributed by atoms with E-state index in [2.05, 4.69) is 31.3 Å². The summed E-state index contributed by atoms with van der Waals surface area (Å²) < 4.78 is 11.2. The molecule has 1 aliphatic rings. The van der Waals surface area contributed by atoms with Gasteiger partial charge in [0.15, 0.2) is 11.5 Å². The first kappa shape index (κ1) is 13.2. The molecule has 0 saturated carbocycles. The number of ether oxygens (including phenoxy) is 2. The third-order valence-electron chi connectivity index (χ3n) is 3.44. The van der Waals surface area contributed by atoms with Crippen molar-refractivity contribution in [1.29, 1.82) is 0 Å². The van der Waals surface area contributed by atoms with Crippen LogP contribution in [0.3, 0.4) is 0 Å². The first-order valence-electron chi connectivity index (χ1n) is 6.87. The van der Waals surface area contributed by atoms with E-state index in [4.69, 9.17) is 9.47 Å². The number of methoxy groups -OCH3 is 1. The van der Waals surface area contributed by atoms with Gasteiger partial charge >= 0.3 is 0 Å². The van der Waals surface area contributed by atoms with Gasteiger partial charge in [-0.3, -0.25) is 0 Å². The van der Waals surface area contributed by atoms with Gasteiger partial charge in [0.25, 0.3) is 0 Å². The topological polar surface area (TPSA) is 30.5 Å². The molecular weight excluding hydrogens is 226 g/mol. The minimum atomic E-state index is 0.397. The molecule has 1 atom stereocenters. The van der Waals surface area contributed by atoms with Gasteiger partial charge in [0.2, 0.25) is 0 Å². The van der Waals surface area contributed by atoms with E-state index in [0.29, 0.717) is 6.04 Å². The Bertz CT molecular complexity index is 404. The molecule has 0 aliphatic carbocycles. The fourth-order valence-electron chi connectivity index (χ4n) is 2.42. The van der Waals surface area contributed by atoms with E-state index in [1.807, 2.05) is 0 Å². The van der Waals surface area contributed by atoms with E-state index in [9.17, 15) is 0 Å². The van der Waals surface area contributed by atoms with Crippen molar-refractivity contribution in [2.24, 2.45) is 0 Å². The predicted molar refractivity (Wildman–Crippen MR) is 73.5 cm³/mol. The van der Waals surface area contributed by atoms with Crippen LogP contribution in [0.1, 0.15) is 43.9 Å². The van der Waals surface area contributed by atoms with Crippen LogP contribution in [-0.4, -0.2) is 20.3 Å². The molecule has 0 fully saturated rings. The third-order valence-corrected chi connectivity index (χ3v) is 3.44. The van der Waals surface area contributed by atoms with E-state index in [0.717, 1.165) is 43.9 Å². The average molecular weight is 249 g/mol. The van der Waals surface area contributed by atoms with Crippen molar-refractivity contribution in [1.82, 2.24) is 5.32 Å². The molecule has 3 heteroatoms. The predicted octanol–water partition coefficient (Wildman–Crippen LogP) is 3.08. The Morgan fingerprint density at radius 1 is 1.39 bits per heavy atom. The molecule has 1 aliphatic heterocycles. The minimum Gasteiger partial charge on any atom is -0.493 e. The SMILES string of the molecule is CCCNC1CCOc2c(OC)cc(CC)cc21. The molecule has 1 unspecified atom stereocenters. The lowest BCUT2D eigenvalue weighted by molar-refractivity contribution is 0.239. The zero-order valence-corrected chi connectivity index (χ0v) is 11.6. The van der Waals surface area contributed by atoms with Gasteiger partial charge in [0, 0.05) is 18.0 Å². The Kier molecular flexibility index (Phi) is 4.48. The highest BCUT2D eigenvalue weighted by molar-refractivity contribution is 5.51. The molecule has 0 amide bonds.